The molecule has 0 amide bonds. The Morgan fingerprint density at radius 2 is 2.04 bits per heavy atom. The minimum Gasteiger partial charge on any atom is -0.375 e. The third kappa shape index (κ3) is 6.23. The maximum absolute atomic E-state index is 5.60. The Morgan fingerprint density at radius 1 is 1.18 bits per heavy atom. The van der Waals surface area contributed by atoms with E-state index in [9.17, 15) is 0 Å². The van der Waals surface area contributed by atoms with Gasteiger partial charge in [0.1, 0.15) is 5.82 Å². The van der Waals surface area contributed by atoms with Crippen molar-refractivity contribution in [2.24, 2.45) is 4.99 Å². The summed E-state index contributed by atoms with van der Waals surface area (Å²) in [5.41, 5.74) is 2.42. The largest absolute Gasteiger partial charge is 0.375 e. The van der Waals surface area contributed by atoms with Crippen molar-refractivity contribution in [2.45, 2.75) is 32.9 Å². The zero-order chi connectivity index (χ0) is 19.6. The Bertz CT molecular complexity index is 732. The van der Waals surface area contributed by atoms with Gasteiger partial charge in [-0.25, -0.2) is 9.98 Å². The molecule has 0 radical (unpaired) electrons. The zero-order valence-corrected chi connectivity index (χ0v) is 16.9. The highest BCUT2D eigenvalue weighted by Gasteiger charge is 2.17. The molecule has 1 aromatic carbocycles. The van der Waals surface area contributed by atoms with Crippen molar-refractivity contribution in [2.75, 3.05) is 37.7 Å². The monoisotopic (exact) mass is 381 g/mol. The number of aliphatic imine (C=N–C) groups is 1. The van der Waals surface area contributed by atoms with E-state index in [1.54, 1.807) is 0 Å². The lowest BCUT2D eigenvalue weighted by atomic mass is 10.1. The molecule has 1 atom stereocenters. The van der Waals surface area contributed by atoms with Gasteiger partial charge >= 0.3 is 0 Å². The Kier molecular flexibility index (Phi) is 7.67. The quantitative estimate of drug-likeness (QED) is 0.570. The van der Waals surface area contributed by atoms with Gasteiger partial charge in [-0.15, -0.1) is 0 Å². The van der Waals surface area contributed by atoms with Crippen LogP contribution in [0, 0.1) is 0 Å². The molecule has 2 aromatic rings. The molecular weight excluding hydrogens is 350 g/mol. The molecule has 1 fully saturated rings. The van der Waals surface area contributed by atoms with E-state index in [0.717, 1.165) is 56.5 Å². The number of rotatable bonds is 7. The Morgan fingerprint density at radius 3 is 2.75 bits per heavy atom. The van der Waals surface area contributed by atoms with Crippen LogP contribution in [-0.2, 0) is 17.7 Å². The second kappa shape index (κ2) is 10.7. The van der Waals surface area contributed by atoms with E-state index >= 15 is 0 Å². The first-order chi connectivity index (χ1) is 13.7. The Labute approximate surface area is 168 Å². The highest BCUT2D eigenvalue weighted by molar-refractivity contribution is 5.79. The maximum Gasteiger partial charge on any atom is 0.191 e. The van der Waals surface area contributed by atoms with Gasteiger partial charge in [0.25, 0.3) is 0 Å². The molecule has 0 saturated carbocycles. The van der Waals surface area contributed by atoms with Crippen LogP contribution in [0.25, 0.3) is 0 Å². The van der Waals surface area contributed by atoms with Gasteiger partial charge in [0, 0.05) is 32.4 Å². The minimum atomic E-state index is 0.254. The lowest BCUT2D eigenvalue weighted by Gasteiger charge is -2.32. The number of morpholine rings is 1. The number of benzene rings is 1. The summed E-state index contributed by atoms with van der Waals surface area (Å²) in [4.78, 5) is 11.6. The average molecular weight is 382 g/mol. The SMILES string of the molecule is CCNC(=NCc1ccc(N2CCOC(C)C2)nc1)NCCc1ccccc1. The standard InChI is InChI=1S/C22H31N5O/c1-3-23-22(24-12-11-19-7-5-4-6-8-19)26-16-20-9-10-21(25-15-20)27-13-14-28-18(2)17-27/h4-10,15,18H,3,11-14,16-17H2,1-2H3,(H2,23,24,26). The predicted molar refractivity (Wildman–Crippen MR) is 115 cm³/mol. The number of anilines is 1. The fraction of sp³-hybridized carbons (Fsp3) is 0.455. The molecule has 2 N–H and O–H groups in total. The van der Waals surface area contributed by atoms with E-state index in [1.165, 1.54) is 5.56 Å². The van der Waals surface area contributed by atoms with Gasteiger partial charge in [-0.2, -0.15) is 0 Å². The van der Waals surface area contributed by atoms with Crippen LogP contribution >= 0.6 is 0 Å². The van der Waals surface area contributed by atoms with E-state index < -0.39 is 0 Å². The molecule has 150 valence electrons. The average Bonchev–Trinajstić information content (AvgIpc) is 2.73. The molecule has 1 aliphatic heterocycles. The zero-order valence-electron chi connectivity index (χ0n) is 16.9. The van der Waals surface area contributed by atoms with Crippen LogP contribution in [-0.4, -0.2) is 49.8 Å². The van der Waals surface area contributed by atoms with Crippen LogP contribution in [0.1, 0.15) is 25.0 Å². The number of ether oxygens (including phenoxy) is 1. The number of hydrogen-bond acceptors (Lipinski definition) is 4. The van der Waals surface area contributed by atoms with Gasteiger partial charge < -0.3 is 20.3 Å². The molecule has 28 heavy (non-hydrogen) atoms. The summed E-state index contributed by atoms with van der Waals surface area (Å²) >= 11 is 0. The van der Waals surface area contributed by atoms with E-state index in [1.807, 2.05) is 12.3 Å². The molecule has 0 spiro atoms. The van der Waals surface area contributed by atoms with Crippen molar-refractivity contribution < 1.29 is 4.74 Å². The van der Waals surface area contributed by atoms with Crippen LogP contribution in [0.5, 0.6) is 0 Å². The summed E-state index contributed by atoms with van der Waals surface area (Å²) in [6.07, 6.45) is 3.15. The fourth-order valence-corrected chi connectivity index (χ4v) is 3.21. The van der Waals surface area contributed by atoms with E-state index in [-0.39, 0.29) is 6.10 Å². The van der Waals surface area contributed by atoms with E-state index in [4.69, 9.17) is 4.74 Å². The second-order valence-corrected chi connectivity index (χ2v) is 7.01. The highest BCUT2D eigenvalue weighted by Crippen LogP contribution is 2.15. The third-order valence-electron chi connectivity index (χ3n) is 4.69. The second-order valence-electron chi connectivity index (χ2n) is 7.01. The van der Waals surface area contributed by atoms with Crippen molar-refractivity contribution >= 4 is 11.8 Å². The highest BCUT2D eigenvalue weighted by atomic mass is 16.5. The number of pyridine rings is 1. The summed E-state index contributed by atoms with van der Waals surface area (Å²) < 4.78 is 5.60. The summed E-state index contributed by atoms with van der Waals surface area (Å²) in [7, 11) is 0. The number of guanidine groups is 1. The van der Waals surface area contributed by atoms with E-state index in [0.29, 0.717) is 6.54 Å². The van der Waals surface area contributed by atoms with Gasteiger partial charge in [-0.1, -0.05) is 36.4 Å². The summed E-state index contributed by atoms with van der Waals surface area (Å²) in [5, 5.41) is 6.71. The molecule has 2 heterocycles. The van der Waals surface area contributed by atoms with Gasteiger partial charge in [-0.3, -0.25) is 0 Å². The van der Waals surface area contributed by atoms with Crippen LogP contribution < -0.4 is 15.5 Å². The molecule has 0 aliphatic carbocycles. The lowest BCUT2D eigenvalue weighted by Crippen LogP contribution is -2.41. The van der Waals surface area contributed by atoms with Crippen LogP contribution in [0.4, 0.5) is 5.82 Å². The minimum absolute atomic E-state index is 0.254. The number of hydrogen-bond donors (Lipinski definition) is 2. The molecule has 1 aliphatic rings. The van der Waals surface area contributed by atoms with Crippen molar-refractivity contribution in [3.8, 4) is 0 Å². The number of nitrogens with one attached hydrogen (secondary N) is 2. The molecule has 6 nitrogen and oxygen atoms in total. The topological polar surface area (TPSA) is 61.8 Å². The van der Waals surface area contributed by atoms with Crippen LogP contribution in [0.3, 0.4) is 0 Å². The number of nitrogens with zero attached hydrogens (tertiary/aromatic N) is 3. The summed E-state index contributed by atoms with van der Waals surface area (Å²) in [6, 6.07) is 14.7. The Balaban J connectivity index is 1.52. The lowest BCUT2D eigenvalue weighted by molar-refractivity contribution is 0.0529. The van der Waals surface area contributed by atoms with Crippen LogP contribution in [0.2, 0.25) is 0 Å². The van der Waals surface area contributed by atoms with Crippen molar-refractivity contribution in [3.05, 3.63) is 59.8 Å². The molecule has 6 heteroatoms. The third-order valence-corrected chi connectivity index (χ3v) is 4.69. The van der Waals surface area contributed by atoms with Crippen molar-refractivity contribution in [1.82, 2.24) is 15.6 Å². The number of aromatic nitrogens is 1. The molecule has 3 rings (SSSR count). The first-order valence-electron chi connectivity index (χ1n) is 10.1. The Hall–Kier alpha value is -2.60. The first kappa shape index (κ1) is 20.1. The van der Waals surface area contributed by atoms with Crippen molar-refractivity contribution in [1.29, 1.82) is 0 Å². The van der Waals surface area contributed by atoms with Crippen LogP contribution in [0.15, 0.2) is 53.7 Å². The molecule has 1 unspecified atom stereocenters. The first-order valence-corrected chi connectivity index (χ1v) is 10.1. The maximum atomic E-state index is 5.60. The van der Waals surface area contributed by atoms with Gasteiger partial charge in [0.2, 0.25) is 0 Å². The molecule has 0 bridgehead atoms. The molecular formula is C22H31N5O. The van der Waals surface area contributed by atoms with Gasteiger partial charge in [0.15, 0.2) is 5.96 Å². The fourth-order valence-electron chi connectivity index (χ4n) is 3.21. The smallest absolute Gasteiger partial charge is 0.191 e. The normalized spacial score (nSPS) is 17.4. The van der Waals surface area contributed by atoms with Gasteiger partial charge in [-0.05, 0) is 37.5 Å². The summed E-state index contributed by atoms with van der Waals surface area (Å²) in [6.45, 7) is 9.01. The molecule has 1 saturated heterocycles. The molecule has 1 aromatic heterocycles. The summed E-state index contributed by atoms with van der Waals surface area (Å²) in [5.74, 6) is 1.85. The predicted octanol–water partition coefficient (Wildman–Crippen LogP) is 2.60. The van der Waals surface area contributed by atoms with Crippen molar-refractivity contribution in [3.63, 3.8) is 0 Å². The van der Waals surface area contributed by atoms with E-state index in [2.05, 4.69) is 75.8 Å². The van der Waals surface area contributed by atoms with Gasteiger partial charge in [0.05, 0.1) is 19.3 Å².